The number of amides is 3. The summed E-state index contributed by atoms with van der Waals surface area (Å²) in [5, 5.41) is 8.15. The van der Waals surface area contributed by atoms with Crippen LogP contribution in [0, 0.1) is 0 Å². The van der Waals surface area contributed by atoms with Crippen molar-refractivity contribution in [3.8, 4) is 0 Å². The molecule has 0 fully saturated rings. The molecule has 0 bridgehead atoms. The summed E-state index contributed by atoms with van der Waals surface area (Å²) >= 11 is 1.34. The fourth-order valence-electron chi connectivity index (χ4n) is 2.90. The molecule has 1 aliphatic rings. The quantitative estimate of drug-likeness (QED) is 0.739. The van der Waals surface area contributed by atoms with E-state index in [9.17, 15) is 14.4 Å². The van der Waals surface area contributed by atoms with E-state index < -0.39 is 0 Å². The van der Waals surface area contributed by atoms with Crippen LogP contribution in [0.25, 0.3) is 0 Å². The van der Waals surface area contributed by atoms with Gasteiger partial charge in [0.05, 0.1) is 11.0 Å². The van der Waals surface area contributed by atoms with Crippen LogP contribution in [0.5, 0.6) is 0 Å². The van der Waals surface area contributed by atoms with Gasteiger partial charge in [-0.25, -0.2) is 0 Å². The maximum absolute atomic E-state index is 12.4. The molecule has 0 radical (unpaired) electrons. The van der Waals surface area contributed by atoms with Gasteiger partial charge in [0.25, 0.3) is 0 Å². The molecule has 0 aromatic heterocycles. The van der Waals surface area contributed by atoms with Crippen molar-refractivity contribution in [3.05, 3.63) is 54.1 Å². The second-order valence-corrected chi connectivity index (χ2v) is 7.49. The van der Waals surface area contributed by atoms with Crippen LogP contribution in [0.2, 0.25) is 0 Å². The van der Waals surface area contributed by atoms with E-state index in [-0.39, 0.29) is 28.7 Å². The Hall–Kier alpha value is -2.80. The minimum Gasteiger partial charge on any atom is -0.326 e. The highest BCUT2D eigenvalue weighted by Gasteiger charge is 2.24. The second kappa shape index (κ2) is 8.73. The smallest absolute Gasteiger partial charge is 0.237 e. The highest BCUT2D eigenvalue weighted by Crippen LogP contribution is 2.27. The lowest BCUT2D eigenvalue weighted by atomic mass is 10.1. The molecule has 1 aliphatic heterocycles. The molecular weight excluding hydrogens is 362 g/mol. The first-order valence-electron chi connectivity index (χ1n) is 8.69. The molecule has 3 amide bonds. The number of para-hydroxylation sites is 1. The van der Waals surface area contributed by atoms with Crippen LogP contribution >= 0.6 is 11.8 Å². The summed E-state index contributed by atoms with van der Waals surface area (Å²) < 4.78 is 0. The van der Waals surface area contributed by atoms with Gasteiger partial charge in [0.2, 0.25) is 17.7 Å². The standard InChI is InChI=1S/C20H21N3O3S/c1-13(24)21-15-6-4-7-16(11-15)22-19(25)12-27-18-10-9-14-5-2-3-8-17(14)23-20(18)26/h2-8,11,18H,9-10,12H2,1H3,(H,21,24)(H,22,25)(H,23,26)/t18-/m1/s1. The third kappa shape index (κ3) is 5.34. The Kier molecular flexibility index (Phi) is 6.13. The maximum Gasteiger partial charge on any atom is 0.237 e. The lowest BCUT2D eigenvalue weighted by Gasteiger charge is -2.13. The fourth-order valence-corrected chi connectivity index (χ4v) is 3.82. The van der Waals surface area contributed by atoms with Crippen LogP contribution in [0.1, 0.15) is 18.9 Å². The van der Waals surface area contributed by atoms with Gasteiger partial charge in [-0.3, -0.25) is 14.4 Å². The number of hydrogen-bond acceptors (Lipinski definition) is 4. The monoisotopic (exact) mass is 383 g/mol. The molecule has 2 aromatic carbocycles. The first-order chi connectivity index (χ1) is 13.0. The Morgan fingerprint density at radius 1 is 1.11 bits per heavy atom. The van der Waals surface area contributed by atoms with Crippen molar-refractivity contribution in [3.63, 3.8) is 0 Å². The predicted molar refractivity (Wildman–Crippen MR) is 109 cm³/mol. The number of fused-ring (bicyclic) bond motifs is 1. The Bertz CT molecular complexity index is 869. The molecule has 27 heavy (non-hydrogen) atoms. The van der Waals surface area contributed by atoms with E-state index in [4.69, 9.17) is 0 Å². The molecule has 1 atom stereocenters. The van der Waals surface area contributed by atoms with Crippen molar-refractivity contribution >= 4 is 46.5 Å². The van der Waals surface area contributed by atoms with Gasteiger partial charge in [0, 0.05) is 24.0 Å². The largest absolute Gasteiger partial charge is 0.326 e. The summed E-state index contributed by atoms with van der Waals surface area (Å²) in [7, 11) is 0. The van der Waals surface area contributed by atoms with Gasteiger partial charge in [-0.15, -0.1) is 11.8 Å². The van der Waals surface area contributed by atoms with E-state index in [1.807, 2.05) is 24.3 Å². The van der Waals surface area contributed by atoms with Crippen LogP contribution in [0.15, 0.2) is 48.5 Å². The van der Waals surface area contributed by atoms with Gasteiger partial charge in [0.15, 0.2) is 0 Å². The van der Waals surface area contributed by atoms with Gasteiger partial charge in [0.1, 0.15) is 0 Å². The van der Waals surface area contributed by atoms with Crippen molar-refractivity contribution in [2.75, 3.05) is 21.7 Å². The number of thioether (sulfide) groups is 1. The first kappa shape index (κ1) is 19.0. The highest BCUT2D eigenvalue weighted by molar-refractivity contribution is 8.01. The predicted octanol–water partition coefficient (Wildman–Crippen LogP) is 3.27. The Labute approximate surface area is 162 Å². The topological polar surface area (TPSA) is 87.3 Å². The summed E-state index contributed by atoms with van der Waals surface area (Å²) in [6.45, 7) is 1.43. The minimum atomic E-state index is -0.270. The molecular formula is C20H21N3O3S. The van der Waals surface area contributed by atoms with Crippen molar-refractivity contribution in [1.82, 2.24) is 0 Å². The van der Waals surface area contributed by atoms with Crippen LogP contribution in [-0.4, -0.2) is 28.7 Å². The van der Waals surface area contributed by atoms with Gasteiger partial charge in [-0.2, -0.15) is 0 Å². The molecule has 0 saturated carbocycles. The minimum absolute atomic E-state index is 0.0644. The summed E-state index contributed by atoms with van der Waals surface area (Å²) in [5.74, 6) is -0.243. The summed E-state index contributed by atoms with van der Waals surface area (Å²) in [6, 6.07) is 14.7. The van der Waals surface area contributed by atoms with Gasteiger partial charge < -0.3 is 16.0 Å². The molecule has 6 nitrogen and oxygen atoms in total. The molecule has 140 valence electrons. The average Bonchev–Trinajstić information content (AvgIpc) is 2.78. The molecule has 0 unspecified atom stereocenters. The summed E-state index contributed by atoms with van der Waals surface area (Å²) in [6.07, 6.45) is 1.49. The number of hydrogen-bond donors (Lipinski definition) is 3. The maximum atomic E-state index is 12.4. The molecule has 0 saturated heterocycles. The van der Waals surface area contributed by atoms with Crippen LogP contribution in [0.4, 0.5) is 17.1 Å². The van der Waals surface area contributed by atoms with Gasteiger partial charge in [-0.1, -0.05) is 24.3 Å². The normalized spacial score (nSPS) is 15.9. The highest BCUT2D eigenvalue weighted by atomic mass is 32.2. The number of carbonyl (C=O) groups is 3. The van der Waals surface area contributed by atoms with E-state index in [1.165, 1.54) is 18.7 Å². The second-order valence-electron chi connectivity index (χ2n) is 6.29. The number of carbonyl (C=O) groups excluding carboxylic acids is 3. The van der Waals surface area contributed by atoms with Gasteiger partial charge >= 0.3 is 0 Å². The van der Waals surface area contributed by atoms with Crippen molar-refractivity contribution < 1.29 is 14.4 Å². The molecule has 3 rings (SSSR count). The van der Waals surface area contributed by atoms with E-state index >= 15 is 0 Å². The zero-order chi connectivity index (χ0) is 19.2. The van der Waals surface area contributed by atoms with E-state index in [2.05, 4.69) is 16.0 Å². The fraction of sp³-hybridized carbons (Fsp3) is 0.250. The van der Waals surface area contributed by atoms with E-state index in [1.54, 1.807) is 24.3 Å². The SMILES string of the molecule is CC(=O)Nc1cccc(NC(=O)CS[C@@H]2CCc3ccccc3NC2=O)c1. The summed E-state index contributed by atoms with van der Waals surface area (Å²) in [5.41, 5.74) is 3.19. The van der Waals surface area contributed by atoms with Crippen molar-refractivity contribution in [2.45, 2.75) is 25.0 Å². The lowest BCUT2D eigenvalue weighted by molar-refractivity contribution is -0.116. The molecule has 3 N–H and O–H groups in total. The summed E-state index contributed by atoms with van der Waals surface area (Å²) in [4.78, 5) is 35.8. The van der Waals surface area contributed by atoms with Crippen molar-refractivity contribution in [1.29, 1.82) is 0 Å². The number of aryl methyl sites for hydroxylation is 1. The number of rotatable bonds is 5. The lowest BCUT2D eigenvalue weighted by Crippen LogP contribution is -2.26. The van der Waals surface area contributed by atoms with Crippen LogP contribution in [-0.2, 0) is 20.8 Å². The molecule has 2 aromatic rings. The third-order valence-electron chi connectivity index (χ3n) is 4.13. The molecule has 1 heterocycles. The van der Waals surface area contributed by atoms with E-state index in [0.717, 1.165) is 17.7 Å². The zero-order valence-electron chi connectivity index (χ0n) is 15.0. The number of anilines is 3. The Balaban J connectivity index is 1.53. The first-order valence-corrected chi connectivity index (χ1v) is 9.74. The van der Waals surface area contributed by atoms with E-state index in [0.29, 0.717) is 17.8 Å². The Morgan fingerprint density at radius 2 is 1.85 bits per heavy atom. The van der Waals surface area contributed by atoms with Crippen LogP contribution in [0.3, 0.4) is 0 Å². The molecule has 7 heteroatoms. The van der Waals surface area contributed by atoms with Crippen molar-refractivity contribution in [2.24, 2.45) is 0 Å². The van der Waals surface area contributed by atoms with Gasteiger partial charge in [-0.05, 0) is 42.7 Å². The number of benzene rings is 2. The number of nitrogens with one attached hydrogen (secondary N) is 3. The van der Waals surface area contributed by atoms with Crippen LogP contribution < -0.4 is 16.0 Å². The molecule has 0 aliphatic carbocycles. The Morgan fingerprint density at radius 3 is 2.63 bits per heavy atom. The third-order valence-corrected chi connectivity index (χ3v) is 5.41. The molecule has 0 spiro atoms. The zero-order valence-corrected chi connectivity index (χ0v) is 15.8. The average molecular weight is 383 g/mol.